The van der Waals surface area contributed by atoms with Crippen molar-refractivity contribution in [2.75, 3.05) is 14.2 Å². The minimum absolute atomic E-state index is 0.187. The van der Waals surface area contributed by atoms with E-state index in [-0.39, 0.29) is 5.91 Å². The maximum Gasteiger partial charge on any atom is 0.328 e. The minimum Gasteiger partial charge on any atom is -0.467 e. The number of esters is 1. The zero-order valence-electron chi connectivity index (χ0n) is 14.6. The number of hydrogen-bond acceptors (Lipinski definition) is 3. The van der Waals surface area contributed by atoms with Crippen LogP contribution in [0.1, 0.15) is 27.0 Å². The van der Waals surface area contributed by atoms with E-state index in [4.69, 9.17) is 4.74 Å². The van der Waals surface area contributed by atoms with Crippen LogP contribution in [0, 0.1) is 13.8 Å². The summed E-state index contributed by atoms with van der Waals surface area (Å²) in [6, 6.07) is 14.6. The molecule has 2 aromatic carbocycles. The van der Waals surface area contributed by atoms with E-state index in [0.29, 0.717) is 12.0 Å². The van der Waals surface area contributed by atoms with Crippen LogP contribution in [-0.4, -0.2) is 37.0 Å². The number of nitrogens with zero attached hydrogens (tertiary/aromatic N) is 1. The van der Waals surface area contributed by atoms with Crippen LogP contribution in [0.2, 0.25) is 0 Å². The van der Waals surface area contributed by atoms with Crippen molar-refractivity contribution in [1.29, 1.82) is 0 Å². The highest BCUT2D eigenvalue weighted by atomic mass is 16.5. The number of amides is 1. The Bertz CT molecular complexity index is 705. The van der Waals surface area contributed by atoms with Crippen LogP contribution in [-0.2, 0) is 16.0 Å². The molecule has 0 N–H and O–H groups in total. The zero-order chi connectivity index (χ0) is 17.7. The molecule has 0 heterocycles. The van der Waals surface area contributed by atoms with Crippen molar-refractivity contribution >= 4 is 11.9 Å². The van der Waals surface area contributed by atoms with Crippen molar-refractivity contribution in [2.24, 2.45) is 0 Å². The van der Waals surface area contributed by atoms with Crippen LogP contribution in [0.15, 0.2) is 48.5 Å². The minimum atomic E-state index is -0.661. The van der Waals surface area contributed by atoms with E-state index in [1.807, 2.05) is 62.4 Å². The zero-order valence-corrected chi connectivity index (χ0v) is 14.6. The second-order valence-corrected chi connectivity index (χ2v) is 6.02. The Labute approximate surface area is 143 Å². The number of benzene rings is 2. The first-order chi connectivity index (χ1) is 11.4. The van der Waals surface area contributed by atoms with E-state index in [9.17, 15) is 9.59 Å². The highest BCUT2D eigenvalue weighted by Gasteiger charge is 2.28. The average molecular weight is 325 g/mol. The smallest absolute Gasteiger partial charge is 0.328 e. The van der Waals surface area contributed by atoms with Crippen molar-refractivity contribution < 1.29 is 14.3 Å². The lowest BCUT2D eigenvalue weighted by Crippen LogP contribution is -2.44. The van der Waals surface area contributed by atoms with Gasteiger partial charge in [-0.1, -0.05) is 47.5 Å². The lowest BCUT2D eigenvalue weighted by Gasteiger charge is -2.26. The van der Waals surface area contributed by atoms with E-state index in [1.54, 1.807) is 7.05 Å². The molecule has 4 nitrogen and oxygen atoms in total. The van der Waals surface area contributed by atoms with Gasteiger partial charge in [0.25, 0.3) is 5.91 Å². The van der Waals surface area contributed by atoms with Gasteiger partial charge in [0.15, 0.2) is 0 Å². The molecule has 4 heteroatoms. The number of aryl methyl sites for hydroxylation is 2. The molecule has 0 aliphatic carbocycles. The van der Waals surface area contributed by atoms with Gasteiger partial charge in [0.2, 0.25) is 0 Å². The monoisotopic (exact) mass is 325 g/mol. The van der Waals surface area contributed by atoms with Crippen molar-refractivity contribution in [3.05, 3.63) is 70.8 Å². The number of likely N-dealkylation sites (N-methyl/N-ethyl adjacent to an activating group) is 1. The highest BCUT2D eigenvalue weighted by Crippen LogP contribution is 2.15. The van der Waals surface area contributed by atoms with Gasteiger partial charge in [-0.15, -0.1) is 0 Å². The number of carbonyl (C=O) groups is 2. The molecule has 2 aromatic rings. The van der Waals surface area contributed by atoms with Crippen LogP contribution in [0.25, 0.3) is 0 Å². The van der Waals surface area contributed by atoms with Gasteiger partial charge in [0, 0.05) is 19.0 Å². The number of hydrogen-bond donors (Lipinski definition) is 0. The third-order valence-corrected chi connectivity index (χ3v) is 4.00. The molecule has 0 fully saturated rings. The molecule has 2 rings (SSSR count). The molecular weight excluding hydrogens is 302 g/mol. The largest absolute Gasteiger partial charge is 0.467 e. The SMILES string of the molecule is COC(=O)[C@H](Cc1ccccc1)N(C)C(=O)c1cc(C)cc(C)c1. The summed E-state index contributed by atoms with van der Waals surface area (Å²) in [6.45, 7) is 3.90. The lowest BCUT2D eigenvalue weighted by atomic mass is 10.0. The third kappa shape index (κ3) is 4.22. The molecule has 0 aliphatic heterocycles. The number of carbonyl (C=O) groups excluding carboxylic acids is 2. The summed E-state index contributed by atoms with van der Waals surface area (Å²) in [7, 11) is 2.99. The quantitative estimate of drug-likeness (QED) is 0.793. The van der Waals surface area contributed by atoms with Gasteiger partial charge >= 0.3 is 5.97 Å². The summed E-state index contributed by atoms with van der Waals surface area (Å²) in [4.78, 5) is 26.5. The molecule has 0 aromatic heterocycles. The van der Waals surface area contributed by atoms with Crippen LogP contribution < -0.4 is 0 Å². The molecule has 0 aliphatic rings. The van der Waals surface area contributed by atoms with Crippen molar-refractivity contribution in [1.82, 2.24) is 4.90 Å². The summed E-state index contributed by atoms with van der Waals surface area (Å²) >= 11 is 0. The Morgan fingerprint density at radius 1 is 1.04 bits per heavy atom. The van der Waals surface area contributed by atoms with E-state index in [1.165, 1.54) is 12.0 Å². The molecule has 0 saturated carbocycles. The Hall–Kier alpha value is -2.62. The topological polar surface area (TPSA) is 46.6 Å². The lowest BCUT2D eigenvalue weighted by molar-refractivity contribution is -0.145. The van der Waals surface area contributed by atoms with E-state index >= 15 is 0 Å². The van der Waals surface area contributed by atoms with Gasteiger partial charge < -0.3 is 9.64 Å². The Kier molecular flexibility index (Phi) is 5.74. The molecule has 1 atom stereocenters. The van der Waals surface area contributed by atoms with Crippen LogP contribution in [0.5, 0.6) is 0 Å². The molecular formula is C20H23NO3. The van der Waals surface area contributed by atoms with Crippen molar-refractivity contribution in [2.45, 2.75) is 26.3 Å². The first-order valence-corrected chi connectivity index (χ1v) is 7.89. The normalized spacial score (nSPS) is 11.7. The molecule has 0 saturated heterocycles. The first kappa shape index (κ1) is 17.7. The number of ether oxygens (including phenoxy) is 1. The maximum absolute atomic E-state index is 12.8. The summed E-state index contributed by atoms with van der Waals surface area (Å²) in [5.41, 5.74) is 3.60. The molecule has 0 bridgehead atoms. The summed E-state index contributed by atoms with van der Waals surface area (Å²) in [5, 5.41) is 0. The fourth-order valence-electron chi connectivity index (χ4n) is 2.80. The number of methoxy groups -OCH3 is 1. The molecule has 0 spiro atoms. The van der Waals surface area contributed by atoms with E-state index in [0.717, 1.165) is 16.7 Å². The van der Waals surface area contributed by atoms with Gasteiger partial charge in [-0.2, -0.15) is 0 Å². The highest BCUT2D eigenvalue weighted by molar-refractivity contribution is 5.97. The summed E-state index contributed by atoms with van der Waals surface area (Å²) in [6.07, 6.45) is 0.417. The Balaban J connectivity index is 2.28. The molecule has 0 radical (unpaired) electrons. The van der Waals surface area contributed by atoms with Crippen LogP contribution in [0.3, 0.4) is 0 Å². The van der Waals surface area contributed by atoms with Crippen molar-refractivity contribution in [3.8, 4) is 0 Å². The van der Waals surface area contributed by atoms with E-state index in [2.05, 4.69) is 0 Å². The molecule has 1 amide bonds. The second-order valence-electron chi connectivity index (χ2n) is 6.02. The maximum atomic E-state index is 12.8. The molecule has 0 unspecified atom stereocenters. The summed E-state index contributed by atoms with van der Waals surface area (Å²) in [5.74, 6) is -0.604. The number of rotatable bonds is 5. The van der Waals surface area contributed by atoms with Gasteiger partial charge in [-0.05, 0) is 31.5 Å². The molecule has 126 valence electrons. The van der Waals surface area contributed by atoms with Gasteiger partial charge in [0.1, 0.15) is 6.04 Å². The Morgan fingerprint density at radius 3 is 2.17 bits per heavy atom. The van der Waals surface area contributed by atoms with Crippen LogP contribution in [0.4, 0.5) is 0 Å². The predicted octanol–water partition coefficient (Wildman–Crippen LogP) is 3.16. The average Bonchev–Trinajstić information content (AvgIpc) is 2.57. The van der Waals surface area contributed by atoms with Gasteiger partial charge in [0.05, 0.1) is 7.11 Å². The first-order valence-electron chi connectivity index (χ1n) is 7.89. The summed E-state index contributed by atoms with van der Waals surface area (Å²) < 4.78 is 4.91. The van der Waals surface area contributed by atoms with Gasteiger partial charge in [-0.3, -0.25) is 4.79 Å². The van der Waals surface area contributed by atoms with Crippen molar-refractivity contribution in [3.63, 3.8) is 0 Å². The molecule has 24 heavy (non-hydrogen) atoms. The fourth-order valence-corrected chi connectivity index (χ4v) is 2.80. The van der Waals surface area contributed by atoms with Crippen LogP contribution >= 0.6 is 0 Å². The van der Waals surface area contributed by atoms with Gasteiger partial charge in [-0.25, -0.2) is 4.79 Å². The second kappa shape index (κ2) is 7.77. The standard InChI is InChI=1S/C20H23NO3/c1-14-10-15(2)12-17(11-14)19(22)21(3)18(20(23)24-4)13-16-8-6-5-7-9-16/h5-12,18H,13H2,1-4H3/t18-/m0/s1. The Morgan fingerprint density at radius 2 is 1.62 bits per heavy atom. The van der Waals surface area contributed by atoms with E-state index < -0.39 is 12.0 Å². The fraction of sp³-hybridized carbons (Fsp3) is 0.300. The third-order valence-electron chi connectivity index (χ3n) is 4.00. The predicted molar refractivity (Wildman–Crippen MR) is 94.0 cm³/mol.